The number of hydrogen-bond donors (Lipinski definition) is 0. The van der Waals surface area contributed by atoms with Crippen molar-refractivity contribution in [2.75, 3.05) is 0 Å². The topological polar surface area (TPSA) is 31.2 Å². The van der Waals surface area contributed by atoms with Gasteiger partial charge in [0.2, 0.25) is 0 Å². The number of aromatic nitrogens is 1. The molecule has 1 aromatic heterocycles. The predicted molar refractivity (Wildman–Crippen MR) is 92.0 cm³/mol. The van der Waals surface area contributed by atoms with Gasteiger partial charge in [0.25, 0.3) is 0 Å². The summed E-state index contributed by atoms with van der Waals surface area (Å²) in [6, 6.07) is 4.08. The Balaban J connectivity index is 2.64. The first-order valence-corrected chi connectivity index (χ1v) is 8.12. The Morgan fingerprint density at radius 2 is 2.00 bits per heavy atom. The first-order valence-electron chi connectivity index (χ1n) is 7.58. The SMILES string of the molecule is Cc1cc(C(C)C)c(CCl)c2ccn(C(=O)OC(C)(C)C)c12. The number of halogens is 1. The monoisotopic (exact) mass is 321 g/mol. The van der Waals surface area contributed by atoms with E-state index >= 15 is 0 Å². The van der Waals surface area contributed by atoms with Gasteiger partial charge in [-0.05, 0) is 56.4 Å². The van der Waals surface area contributed by atoms with Gasteiger partial charge in [-0.3, -0.25) is 4.57 Å². The number of hydrogen-bond acceptors (Lipinski definition) is 2. The number of rotatable bonds is 2. The molecule has 2 aromatic rings. The summed E-state index contributed by atoms with van der Waals surface area (Å²) in [7, 11) is 0. The summed E-state index contributed by atoms with van der Waals surface area (Å²) in [6.45, 7) is 11.9. The summed E-state index contributed by atoms with van der Waals surface area (Å²) >= 11 is 6.18. The van der Waals surface area contributed by atoms with Crippen LogP contribution in [0.2, 0.25) is 0 Å². The van der Waals surface area contributed by atoms with Crippen LogP contribution in [0.1, 0.15) is 57.2 Å². The van der Waals surface area contributed by atoms with Gasteiger partial charge in [0.05, 0.1) is 5.52 Å². The minimum absolute atomic E-state index is 0.358. The van der Waals surface area contributed by atoms with Crippen molar-refractivity contribution in [2.45, 2.75) is 58.9 Å². The normalized spacial score (nSPS) is 12.2. The number of aryl methyl sites for hydroxylation is 1. The van der Waals surface area contributed by atoms with Crippen LogP contribution in [-0.2, 0) is 10.6 Å². The Kier molecular flexibility index (Phi) is 4.57. The predicted octanol–water partition coefficient (Wildman–Crippen LogP) is 5.60. The van der Waals surface area contributed by atoms with Crippen LogP contribution in [0.4, 0.5) is 4.79 Å². The van der Waals surface area contributed by atoms with Crippen LogP contribution in [0.15, 0.2) is 18.3 Å². The van der Waals surface area contributed by atoms with Crippen molar-refractivity contribution >= 4 is 28.6 Å². The first kappa shape index (κ1) is 16.9. The fourth-order valence-corrected chi connectivity index (χ4v) is 3.05. The molecule has 2 rings (SSSR count). The summed E-state index contributed by atoms with van der Waals surface area (Å²) in [5, 5.41) is 1.03. The largest absolute Gasteiger partial charge is 0.443 e. The highest BCUT2D eigenvalue weighted by molar-refractivity contribution is 6.18. The number of carbonyl (C=O) groups excluding carboxylic acids is 1. The van der Waals surface area contributed by atoms with Crippen LogP contribution < -0.4 is 0 Å². The first-order chi connectivity index (χ1) is 10.2. The number of alkyl halides is 1. The molecule has 4 heteroatoms. The van der Waals surface area contributed by atoms with Crippen molar-refractivity contribution in [1.29, 1.82) is 0 Å². The van der Waals surface area contributed by atoms with E-state index in [0.717, 1.165) is 22.0 Å². The molecule has 0 aliphatic rings. The number of ether oxygens (including phenoxy) is 1. The van der Waals surface area contributed by atoms with Gasteiger partial charge in [-0.25, -0.2) is 4.79 Å². The fourth-order valence-electron chi connectivity index (χ4n) is 2.75. The van der Waals surface area contributed by atoms with Crippen molar-refractivity contribution in [3.05, 3.63) is 35.0 Å². The minimum Gasteiger partial charge on any atom is -0.443 e. The van der Waals surface area contributed by atoms with Crippen LogP contribution in [0.3, 0.4) is 0 Å². The van der Waals surface area contributed by atoms with Crippen LogP contribution in [-0.4, -0.2) is 16.3 Å². The van der Waals surface area contributed by atoms with Crippen molar-refractivity contribution < 1.29 is 9.53 Å². The second-order valence-electron chi connectivity index (χ2n) is 6.98. The molecule has 22 heavy (non-hydrogen) atoms. The molecule has 0 bridgehead atoms. The van der Waals surface area contributed by atoms with Crippen molar-refractivity contribution in [1.82, 2.24) is 4.57 Å². The van der Waals surface area contributed by atoms with E-state index < -0.39 is 5.60 Å². The maximum Gasteiger partial charge on any atom is 0.418 e. The number of carbonyl (C=O) groups is 1. The number of fused-ring (bicyclic) bond motifs is 1. The summed E-state index contributed by atoms with van der Waals surface area (Å²) in [5.74, 6) is 0.824. The second-order valence-corrected chi connectivity index (χ2v) is 7.25. The quantitative estimate of drug-likeness (QED) is 0.674. The van der Waals surface area contributed by atoms with Gasteiger partial charge >= 0.3 is 6.09 Å². The molecule has 120 valence electrons. The lowest BCUT2D eigenvalue weighted by molar-refractivity contribution is 0.0544. The van der Waals surface area contributed by atoms with Gasteiger partial charge < -0.3 is 4.74 Å². The molecule has 0 aliphatic heterocycles. The molecule has 0 radical (unpaired) electrons. The van der Waals surface area contributed by atoms with Crippen LogP contribution in [0.25, 0.3) is 10.9 Å². The molecule has 0 saturated heterocycles. The molecule has 0 unspecified atom stereocenters. The summed E-state index contributed by atoms with van der Waals surface area (Å²) in [4.78, 5) is 12.4. The summed E-state index contributed by atoms with van der Waals surface area (Å²) in [6.07, 6.45) is 1.41. The molecule has 3 nitrogen and oxygen atoms in total. The van der Waals surface area contributed by atoms with E-state index in [4.69, 9.17) is 16.3 Å². The van der Waals surface area contributed by atoms with E-state index in [1.54, 1.807) is 10.8 Å². The third-order valence-electron chi connectivity index (χ3n) is 3.65. The minimum atomic E-state index is -0.519. The van der Waals surface area contributed by atoms with Crippen LogP contribution in [0, 0.1) is 6.92 Å². The van der Waals surface area contributed by atoms with Gasteiger partial charge in [0.1, 0.15) is 5.60 Å². The molecule has 0 spiro atoms. The Morgan fingerprint density at radius 3 is 2.50 bits per heavy atom. The molecular formula is C18H24ClNO2. The molecule has 0 N–H and O–H groups in total. The van der Waals surface area contributed by atoms with E-state index in [1.165, 1.54) is 5.56 Å². The van der Waals surface area contributed by atoms with Crippen LogP contribution in [0.5, 0.6) is 0 Å². The average molecular weight is 322 g/mol. The highest BCUT2D eigenvalue weighted by Gasteiger charge is 2.22. The van der Waals surface area contributed by atoms with Crippen LogP contribution >= 0.6 is 11.6 Å². The zero-order valence-electron chi connectivity index (χ0n) is 14.2. The molecule has 0 saturated carbocycles. The van der Waals surface area contributed by atoms with Gasteiger partial charge in [-0.2, -0.15) is 0 Å². The maximum atomic E-state index is 12.4. The third-order valence-corrected chi connectivity index (χ3v) is 3.92. The van der Waals surface area contributed by atoms with Gasteiger partial charge in [0, 0.05) is 17.5 Å². The number of benzene rings is 1. The highest BCUT2D eigenvalue weighted by Crippen LogP contribution is 2.32. The van der Waals surface area contributed by atoms with Gasteiger partial charge in [0.15, 0.2) is 0 Å². The average Bonchev–Trinajstić information content (AvgIpc) is 2.81. The summed E-state index contributed by atoms with van der Waals surface area (Å²) in [5.41, 5.74) is 3.76. The Bertz CT molecular complexity index is 708. The second kappa shape index (κ2) is 5.96. The Hall–Kier alpha value is -1.48. The fraction of sp³-hybridized carbons (Fsp3) is 0.500. The van der Waals surface area contributed by atoms with E-state index in [9.17, 15) is 4.79 Å². The van der Waals surface area contributed by atoms with Gasteiger partial charge in [-0.1, -0.05) is 19.9 Å². The lowest BCUT2D eigenvalue weighted by atomic mass is 9.93. The maximum absolute atomic E-state index is 12.4. The van der Waals surface area contributed by atoms with E-state index in [1.807, 2.05) is 33.8 Å². The zero-order chi connectivity index (χ0) is 16.7. The van der Waals surface area contributed by atoms with Crippen molar-refractivity contribution in [3.63, 3.8) is 0 Å². The van der Waals surface area contributed by atoms with E-state index in [2.05, 4.69) is 19.9 Å². The molecule has 1 heterocycles. The van der Waals surface area contributed by atoms with E-state index in [-0.39, 0.29) is 6.09 Å². The van der Waals surface area contributed by atoms with Crippen molar-refractivity contribution in [2.24, 2.45) is 0 Å². The lowest BCUT2D eigenvalue weighted by Crippen LogP contribution is -2.26. The molecule has 0 amide bonds. The van der Waals surface area contributed by atoms with E-state index in [0.29, 0.717) is 11.8 Å². The highest BCUT2D eigenvalue weighted by atomic mass is 35.5. The zero-order valence-corrected chi connectivity index (χ0v) is 14.9. The number of nitrogens with zero attached hydrogens (tertiary/aromatic N) is 1. The summed E-state index contributed by atoms with van der Waals surface area (Å²) < 4.78 is 7.07. The molecule has 0 fully saturated rings. The molecular weight excluding hydrogens is 298 g/mol. The smallest absolute Gasteiger partial charge is 0.418 e. The Morgan fingerprint density at radius 1 is 1.36 bits per heavy atom. The Labute approximate surface area is 137 Å². The third kappa shape index (κ3) is 3.14. The standard InChI is InChI=1S/C18H24ClNO2/c1-11(2)14-9-12(3)16-13(15(14)10-19)7-8-20(16)17(21)22-18(4,5)6/h7-9,11H,10H2,1-6H3. The molecule has 0 atom stereocenters. The van der Waals surface area contributed by atoms with Gasteiger partial charge in [-0.15, -0.1) is 11.6 Å². The lowest BCUT2D eigenvalue weighted by Gasteiger charge is -2.20. The molecule has 1 aromatic carbocycles. The molecule has 0 aliphatic carbocycles. The van der Waals surface area contributed by atoms with Crippen molar-refractivity contribution in [3.8, 4) is 0 Å².